The van der Waals surface area contributed by atoms with E-state index in [1.807, 2.05) is 11.8 Å². The van der Waals surface area contributed by atoms with Crippen LogP contribution in [0.1, 0.15) is 46.0 Å². The van der Waals surface area contributed by atoms with E-state index in [-0.39, 0.29) is 11.9 Å². The van der Waals surface area contributed by atoms with Crippen molar-refractivity contribution in [3.63, 3.8) is 0 Å². The van der Waals surface area contributed by atoms with Crippen molar-refractivity contribution in [2.24, 2.45) is 5.90 Å². The molecule has 0 radical (unpaired) electrons. The number of carbonyl (C=O) groups is 1. The Balaban J connectivity index is 1.85. The number of nitrogens with two attached hydrogens (primary N) is 1. The molecule has 148 valence electrons. The van der Waals surface area contributed by atoms with Gasteiger partial charge in [0.05, 0.1) is 12.6 Å². The van der Waals surface area contributed by atoms with Gasteiger partial charge in [0.2, 0.25) is 5.91 Å². The molecule has 1 amide bonds. The molecule has 1 aliphatic heterocycles. The maximum Gasteiger partial charge on any atom is 0.222 e. The highest BCUT2D eigenvalue weighted by atomic mass is 16.6. The molecule has 1 heterocycles. The standard InChI is InChI=1S/C20H36N4O2/c1-4-20(25)24(12-13-26-21)19-9-8-17(14-16(19)2)6-5-7-18-15-22-10-11-23(18)3/h8,14,18-19,22H,4-7,9-13,15,21H2,1-3H3/t18-,19?/m1/s1. The first kappa shape index (κ1) is 21.1. The Kier molecular flexibility index (Phi) is 8.78. The Morgan fingerprint density at radius 2 is 2.31 bits per heavy atom. The molecule has 6 nitrogen and oxygen atoms in total. The zero-order valence-corrected chi connectivity index (χ0v) is 16.7. The fraction of sp³-hybridized carbons (Fsp3) is 0.750. The third kappa shape index (κ3) is 5.91. The van der Waals surface area contributed by atoms with E-state index in [2.05, 4.69) is 36.3 Å². The lowest BCUT2D eigenvalue weighted by molar-refractivity contribution is -0.133. The molecule has 0 aromatic carbocycles. The van der Waals surface area contributed by atoms with Crippen LogP contribution in [0, 0.1) is 0 Å². The van der Waals surface area contributed by atoms with Crippen LogP contribution in [0.4, 0.5) is 0 Å². The molecule has 26 heavy (non-hydrogen) atoms. The average Bonchev–Trinajstić information content (AvgIpc) is 2.64. The van der Waals surface area contributed by atoms with Gasteiger partial charge < -0.3 is 20.0 Å². The first-order valence-corrected chi connectivity index (χ1v) is 9.96. The molecule has 1 fully saturated rings. The number of carbonyl (C=O) groups excluding carboxylic acids is 1. The summed E-state index contributed by atoms with van der Waals surface area (Å²) in [6.45, 7) is 8.29. The Bertz CT molecular complexity index is 518. The lowest BCUT2D eigenvalue weighted by Gasteiger charge is -2.34. The lowest BCUT2D eigenvalue weighted by Crippen LogP contribution is -2.49. The molecule has 2 atom stereocenters. The van der Waals surface area contributed by atoms with Gasteiger partial charge in [-0.15, -0.1) is 0 Å². The van der Waals surface area contributed by atoms with Gasteiger partial charge in [0.25, 0.3) is 0 Å². The van der Waals surface area contributed by atoms with Gasteiger partial charge in [-0.25, -0.2) is 5.90 Å². The molecule has 0 aromatic heterocycles. The van der Waals surface area contributed by atoms with Crippen LogP contribution in [0.25, 0.3) is 0 Å². The van der Waals surface area contributed by atoms with E-state index in [1.54, 1.807) is 0 Å². The van der Waals surface area contributed by atoms with Crippen LogP contribution in [-0.2, 0) is 9.63 Å². The van der Waals surface area contributed by atoms with E-state index in [1.165, 1.54) is 24.0 Å². The topological polar surface area (TPSA) is 70.8 Å². The minimum absolute atomic E-state index is 0.134. The summed E-state index contributed by atoms with van der Waals surface area (Å²) in [5, 5.41) is 3.49. The van der Waals surface area contributed by atoms with Gasteiger partial charge in [-0.05, 0) is 39.7 Å². The number of allylic oxidation sites excluding steroid dienone is 2. The van der Waals surface area contributed by atoms with Crippen molar-refractivity contribution in [2.45, 2.75) is 58.0 Å². The van der Waals surface area contributed by atoms with E-state index < -0.39 is 0 Å². The lowest BCUT2D eigenvalue weighted by atomic mass is 9.91. The number of piperazine rings is 1. The summed E-state index contributed by atoms with van der Waals surface area (Å²) in [6, 6.07) is 0.787. The molecule has 3 N–H and O–H groups in total. The molecule has 0 saturated carbocycles. The van der Waals surface area contributed by atoms with E-state index in [4.69, 9.17) is 10.7 Å². The highest BCUT2D eigenvalue weighted by Crippen LogP contribution is 2.26. The smallest absolute Gasteiger partial charge is 0.222 e. The van der Waals surface area contributed by atoms with Crippen LogP contribution in [-0.4, -0.2) is 67.6 Å². The highest BCUT2D eigenvalue weighted by Gasteiger charge is 2.25. The van der Waals surface area contributed by atoms with Crippen molar-refractivity contribution in [2.75, 3.05) is 39.8 Å². The summed E-state index contributed by atoms with van der Waals surface area (Å²) in [7, 11) is 2.23. The van der Waals surface area contributed by atoms with E-state index in [0.29, 0.717) is 25.6 Å². The van der Waals surface area contributed by atoms with E-state index >= 15 is 0 Å². The van der Waals surface area contributed by atoms with Crippen LogP contribution in [0.15, 0.2) is 23.3 Å². The molecule has 1 unspecified atom stereocenters. The van der Waals surface area contributed by atoms with Crippen LogP contribution >= 0.6 is 0 Å². The maximum absolute atomic E-state index is 12.3. The minimum atomic E-state index is 0.134. The molecule has 0 spiro atoms. The van der Waals surface area contributed by atoms with Crippen LogP contribution in [0.5, 0.6) is 0 Å². The van der Waals surface area contributed by atoms with Crippen molar-refractivity contribution in [3.05, 3.63) is 23.3 Å². The number of rotatable bonds is 9. The van der Waals surface area contributed by atoms with Crippen LogP contribution in [0.3, 0.4) is 0 Å². The van der Waals surface area contributed by atoms with Crippen molar-refractivity contribution in [3.8, 4) is 0 Å². The van der Waals surface area contributed by atoms with Crippen LogP contribution < -0.4 is 11.2 Å². The zero-order chi connectivity index (χ0) is 18.9. The average molecular weight is 365 g/mol. The van der Waals surface area contributed by atoms with Crippen molar-refractivity contribution in [1.29, 1.82) is 0 Å². The molecular formula is C20H36N4O2. The number of amides is 1. The monoisotopic (exact) mass is 364 g/mol. The van der Waals surface area contributed by atoms with Gasteiger partial charge in [0.15, 0.2) is 0 Å². The molecule has 1 saturated heterocycles. The van der Waals surface area contributed by atoms with Gasteiger partial charge in [-0.3, -0.25) is 4.79 Å². The Hall–Kier alpha value is -1.21. The Morgan fingerprint density at radius 3 is 2.96 bits per heavy atom. The number of hydrogen-bond donors (Lipinski definition) is 2. The second kappa shape index (κ2) is 10.8. The minimum Gasteiger partial charge on any atom is -0.333 e. The van der Waals surface area contributed by atoms with E-state index in [0.717, 1.165) is 32.5 Å². The largest absolute Gasteiger partial charge is 0.333 e. The highest BCUT2D eigenvalue weighted by molar-refractivity contribution is 5.76. The number of likely N-dealkylation sites (N-methyl/N-ethyl adjacent to an activating group) is 1. The molecule has 0 aromatic rings. The molecule has 2 rings (SSSR count). The van der Waals surface area contributed by atoms with Gasteiger partial charge in [0.1, 0.15) is 0 Å². The first-order chi connectivity index (χ1) is 12.6. The fourth-order valence-corrected chi connectivity index (χ4v) is 3.98. The first-order valence-electron chi connectivity index (χ1n) is 9.96. The Labute approximate surface area is 158 Å². The van der Waals surface area contributed by atoms with Crippen molar-refractivity contribution >= 4 is 5.91 Å². The molecule has 1 aliphatic carbocycles. The predicted molar refractivity (Wildman–Crippen MR) is 106 cm³/mol. The zero-order valence-electron chi connectivity index (χ0n) is 16.7. The molecule has 0 bridgehead atoms. The van der Waals surface area contributed by atoms with Crippen LogP contribution in [0.2, 0.25) is 0 Å². The number of nitrogens with zero attached hydrogens (tertiary/aromatic N) is 2. The summed E-state index contributed by atoms with van der Waals surface area (Å²) < 4.78 is 0. The third-order valence-corrected chi connectivity index (χ3v) is 5.64. The number of hydrogen-bond acceptors (Lipinski definition) is 5. The second-order valence-electron chi connectivity index (χ2n) is 7.46. The Morgan fingerprint density at radius 1 is 1.50 bits per heavy atom. The summed E-state index contributed by atoms with van der Waals surface area (Å²) >= 11 is 0. The SMILES string of the molecule is CCC(=O)N(CCON)C1CC=C(CCC[C@@H]2CNCCN2C)C=C1C. The summed E-state index contributed by atoms with van der Waals surface area (Å²) in [5.74, 6) is 5.32. The van der Waals surface area contributed by atoms with Gasteiger partial charge in [-0.2, -0.15) is 0 Å². The molecule has 2 aliphatic rings. The van der Waals surface area contributed by atoms with Gasteiger partial charge in [0, 0.05) is 38.6 Å². The summed E-state index contributed by atoms with van der Waals surface area (Å²) in [4.78, 5) is 21.4. The number of nitrogens with one attached hydrogen (secondary N) is 1. The molecule has 6 heteroatoms. The van der Waals surface area contributed by atoms with Gasteiger partial charge >= 0.3 is 0 Å². The molecular weight excluding hydrogens is 328 g/mol. The quantitative estimate of drug-likeness (QED) is 0.611. The van der Waals surface area contributed by atoms with Crippen molar-refractivity contribution in [1.82, 2.24) is 15.1 Å². The fourth-order valence-electron chi connectivity index (χ4n) is 3.98. The van der Waals surface area contributed by atoms with E-state index in [9.17, 15) is 4.79 Å². The second-order valence-corrected chi connectivity index (χ2v) is 7.46. The van der Waals surface area contributed by atoms with Gasteiger partial charge in [-0.1, -0.05) is 30.2 Å². The third-order valence-electron chi connectivity index (χ3n) is 5.64. The summed E-state index contributed by atoms with van der Waals surface area (Å²) in [6.07, 6.45) is 9.52. The maximum atomic E-state index is 12.3. The normalized spacial score (nSPS) is 24.2. The summed E-state index contributed by atoms with van der Waals surface area (Å²) in [5.41, 5.74) is 2.67. The predicted octanol–water partition coefficient (Wildman–Crippen LogP) is 1.83. The van der Waals surface area contributed by atoms with Crippen molar-refractivity contribution < 1.29 is 9.63 Å².